The van der Waals surface area contributed by atoms with Crippen LogP contribution >= 0.6 is 0 Å². The minimum absolute atomic E-state index is 0.169. The average molecular weight is 208 g/mol. The van der Waals surface area contributed by atoms with E-state index in [0.29, 0.717) is 5.39 Å². The molecule has 2 nitrogen and oxygen atoms in total. The van der Waals surface area contributed by atoms with Crippen LogP contribution in [-0.2, 0) is 0 Å². The van der Waals surface area contributed by atoms with Gasteiger partial charge in [-0.05, 0) is 23.6 Å². The van der Waals surface area contributed by atoms with Crippen LogP contribution < -0.4 is 11.1 Å². The normalized spacial score (nSPS) is 10.6. The van der Waals surface area contributed by atoms with Gasteiger partial charge in [-0.15, -0.1) is 0 Å². The van der Waals surface area contributed by atoms with Gasteiger partial charge in [0.2, 0.25) is 0 Å². The lowest BCUT2D eigenvalue weighted by molar-refractivity contribution is 0.520. The molecule has 78 valence electrons. The number of benzene rings is 2. The van der Waals surface area contributed by atoms with Gasteiger partial charge < -0.3 is 11.1 Å². The number of hydrogen-bond donors (Lipinski definition) is 2. The summed E-state index contributed by atoms with van der Waals surface area (Å²) >= 11 is 0. The molecule has 0 bridgehead atoms. The van der Waals surface area contributed by atoms with Crippen molar-refractivity contribution in [2.75, 3.05) is 18.1 Å². The van der Waals surface area contributed by atoms with E-state index in [-0.39, 0.29) is 11.1 Å². The van der Waals surface area contributed by atoms with Gasteiger partial charge in [0.05, 0.1) is 5.69 Å². The third-order valence-corrected chi connectivity index (χ3v) is 2.34. The highest BCUT2D eigenvalue weighted by molar-refractivity contribution is 5.89. The van der Waals surface area contributed by atoms with Gasteiger partial charge in [-0.2, -0.15) is 0 Å². The summed E-state index contributed by atoms with van der Waals surface area (Å²) in [4.78, 5) is 0. The lowest BCUT2D eigenvalue weighted by Gasteiger charge is -2.06. The second-order valence-electron chi connectivity index (χ2n) is 3.28. The second kappa shape index (κ2) is 3.38. The number of rotatable bonds is 1. The quantitative estimate of drug-likeness (QED) is 0.707. The second-order valence-corrected chi connectivity index (χ2v) is 3.28. The molecule has 0 aliphatic carbocycles. The van der Waals surface area contributed by atoms with Gasteiger partial charge in [-0.1, -0.05) is 6.07 Å². The summed E-state index contributed by atoms with van der Waals surface area (Å²) in [6.07, 6.45) is 0. The first kappa shape index (κ1) is 9.71. The number of halogens is 2. The predicted octanol–water partition coefficient (Wildman–Crippen LogP) is 2.74. The SMILES string of the molecule is CNc1ccc2cc(N)c(F)c(F)c2c1. The van der Waals surface area contributed by atoms with Crippen LogP contribution in [0.1, 0.15) is 0 Å². The van der Waals surface area contributed by atoms with E-state index in [1.165, 1.54) is 6.07 Å². The maximum absolute atomic E-state index is 13.5. The Labute approximate surface area is 85.7 Å². The molecule has 2 aromatic rings. The Hall–Kier alpha value is -1.84. The molecule has 2 aromatic carbocycles. The third kappa shape index (κ3) is 1.48. The van der Waals surface area contributed by atoms with Gasteiger partial charge in [0, 0.05) is 18.1 Å². The number of nitrogens with one attached hydrogen (secondary N) is 1. The number of fused-ring (bicyclic) bond motifs is 1. The molecular weight excluding hydrogens is 198 g/mol. The fraction of sp³-hybridized carbons (Fsp3) is 0.0909. The van der Waals surface area contributed by atoms with E-state index in [1.54, 1.807) is 25.2 Å². The Bertz CT molecular complexity index is 523. The van der Waals surface area contributed by atoms with Crippen molar-refractivity contribution in [2.24, 2.45) is 0 Å². The lowest BCUT2D eigenvalue weighted by Crippen LogP contribution is -1.96. The fourth-order valence-corrected chi connectivity index (χ4v) is 1.50. The highest BCUT2D eigenvalue weighted by atomic mass is 19.2. The van der Waals surface area contributed by atoms with Gasteiger partial charge in [-0.25, -0.2) is 8.78 Å². The van der Waals surface area contributed by atoms with Crippen LogP contribution in [0.2, 0.25) is 0 Å². The van der Waals surface area contributed by atoms with Gasteiger partial charge >= 0.3 is 0 Å². The molecule has 0 atom stereocenters. The lowest BCUT2D eigenvalue weighted by atomic mass is 10.1. The molecule has 0 saturated heterocycles. The zero-order valence-corrected chi connectivity index (χ0v) is 8.14. The smallest absolute Gasteiger partial charge is 0.182 e. The van der Waals surface area contributed by atoms with Crippen molar-refractivity contribution in [1.82, 2.24) is 0 Å². The maximum Gasteiger partial charge on any atom is 0.182 e. The van der Waals surface area contributed by atoms with E-state index in [0.717, 1.165) is 5.69 Å². The molecule has 0 aliphatic rings. The van der Waals surface area contributed by atoms with Crippen LogP contribution in [0.4, 0.5) is 20.2 Å². The molecule has 0 aromatic heterocycles. The molecule has 0 amide bonds. The first-order valence-corrected chi connectivity index (χ1v) is 4.48. The molecule has 0 heterocycles. The monoisotopic (exact) mass is 208 g/mol. The van der Waals surface area contributed by atoms with Crippen LogP contribution in [0, 0.1) is 11.6 Å². The van der Waals surface area contributed by atoms with E-state index in [9.17, 15) is 8.78 Å². The highest BCUT2D eigenvalue weighted by Crippen LogP contribution is 2.27. The average Bonchev–Trinajstić information content (AvgIpc) is 2.26. The first-order valence-electron chi connectivity index (χ1n) is 4.48. The minimum atomic E-state index is -0.990. The number of nitrogen functional groups attached to an aromatic ring is 1. The Morgan fingerprint density at radius 3 is 2.53 bits per heavy atom. The number of anilines is 2. The Kier molecular flexibility index (Phi) is 2.19. The Morgan fingerprint density at radius 2 is 1.87 bits per heavy atom. The van der Waals surface area contributed by atoms with Crippen molar-refractivity contribution in [3.63, 3.8) is 0 Å². The van der Waals surface area contributed by atoms with Crippen LogP contribution in [0.5, 0.6) is 0 Å². The topological polar surface area (TPSA) is 38.0 Å². The third-order valence-electron chi connectivity index (χ3n) is 2.34. The van der Waals surface area contributed by atoms with Crippen molar-refractivity contribution >= 4 is 22.1 Å². The molecular formula is C11H10F2N2. The zero-order valence-electron chi connectivity index (χ0n) is 8.14. The molecule has 0 spiro atoms. The maximum atomic E-state index is 13.5. The van der Waals surface area contributed by atoms with Crippen LogP contribution in [-0.4, -0.2) is 7.05 Å². The van der Waals surface area contributed by atoms with Crippen molar-refractivity contribution in [1.29, 1.82) is 0 Å². The molecule has 2 rings (SSSR count). The van der Waals surface area contributed by atoms with Crippen molar-refractivity contribution < 1.29 is 8.78 Å². The summed E-state index contributed by atoms with van der Waals surface area (Å²) < 4.78 is 26.7. The van der Waals surface area contributed by atoms with E-state index in [1.807, 2.05) is 0 Å². The van der Waals surface area contributed by atoms with E-state index < -0.39 is 11.6 Å². The van der Waals surface area contributed by atoms with Gasteiger partial charge in [0.15, 0.2) is 11.6 Å². The largest absolute Gasteiger partial charge is 0.396 e. The molecule has 15 heavy (non-hydrogen) atoms. The van der Waals surface area contributed by atoms with Gasteiger partial charge in [0.25, 0.3) is 0 Å². The van der Waals surface area contributed by atoms with Gasteiger partial charge in [-0.3, -0.25) is 0 Å². The highest BCUT2D eigenvalue weighted by Gasteiger charge is 2.11. The molecule has 0 unspecified atom stereocenters. The summed E-state index contributed by atoms with van der Waals surface area (Å²) in [7, 11) is 1.72. The first-order chi connectivity index (χ1) is 7.13. The summed E-state index contributed by atoms with van der Waals surface area (Å²) in [5.41, 5.74) is 5.88. The van der Waals surface area contributed by atoms with Crippen molar-refractivity contribution in [2.45, 2.75) is 0 Å². The summed E-state index contributed by atoms with van der Waals surface area (Å²) in [5.74, 6) is -1.89. The van der Waals surface area contributed by atoms with Crippen LogP contribution in [0.3, 0.4) is 0 Å². The predicted molar refractivity (Wildman–Crippen MR) is 57.8 cm³/mol. The van der Waals surface area contributed by atoms with Crippen LogP contribution in [0.15, 0.2) is 24.3 Å². The molecule has 0 saturated carbocycles. The van der Waals surface area contributed by atoms with Gasteiger partial charge in [0.1, 0.15) is 0 Å². The summed E-state index contributed by atoms with van der Waals surface area (Å²) in [6, 6.07) is 6.44. The fourth-order valence-electron chi connectivity index (χ4n) is 1.50. The van der Waals surface area contributed by atoms with Crippen molar-refractivity contribution in [3.05, 3.63) is 35.9 Å². The van der Waals surface area contributed by atoms with E-state index >= 15 is 0 Å². The zero-order chi connectivity index (χ0) is 11.0. The summed E-state index contributed by atoms with van der Waals surface area (Å²) in [5, 5.41) is 3.68. The molecule has 0 radical (unpaired) electrons. The number of nitrogens with two attached hydrogens (primary N) is 1. The Morgan fingerprint density at radius 1 is 1.13 bits per heavy atom. The molecule has 0 aliphatic heterocycles. The van der Waals surface area contributed by atoms with Crippen molar-refractivity contribution in [3.8, 4) is 0 Å². The molecule has 3 N–H and O–H groups in total. The molecule has 0 fully saturated rings. The molecule has 4 heteroatoms. The van der Waals surface area contributed by atoms with E-state index in [2.05, 4.69) is 5.32 Å². The standard InChI is InChI=1S/C11H10F2N2/c1-15-7-3-2-6-4-9(14)11(13)10(12)8(6)5-7/h2-5,15H,14H2,1H3. The summed E-state index contributed by atoms with van der Waals surface area (Å²) in [6.45, 7) is 0. The Balaban J connectivity index is 2.81. The van der Waals surface area contributed by atoms with E-state index in [4.69, 9.17) is 5.73 Å². The number of hydrogen-bond acceptors (Lipinski definition) is 2. The minimum Gasteiger partial charge on any atom is -0.396 e. The van der Waals surface area contributed by atoms with Crippen LogP contribution in [0.25, 0.3) is 10.8 Å².